The van der Waals surface area contributed by atoms with Gasteiger partial charge in [-0.1, -0.05) is 12.1 Å². The lowest BCUT2D eigenvalue weighted by molar-refractivity contribution is -0.107. The second-order valence-corrected chi connectivity index (χ2v) is 5.64. The number of hydrogen-bond acceptors (Lipinski definition) is 7. The molecule has 132 valence electrons. The summed E-state index contributed by atoms with van der Waals surface area (Å²) in [7, 11) is 0. The summed E-state index contributed by atoms with van der Waals surface area (Å²) in [5.41, 5.74) is 0.934. The Morgan fingerprint density at radius 1 is 1.12 bits per heavy atom. The molecule has 25 heavy (non-hydrogen) atoms. The first kappa shape index (κ1) is 17.2. The smallest absolute Gasteiger partial charge is 0.257 e. The molecule has 0 aliphatic carbocycles. The van der Waals surface area contributed by atoms with Crippen LogP contribution in [0.15, 0.2) is 36.7 Å². The lowest BCUT2D eigenvalue weighted by Gasteiger charge is -2.28. The maximum absolute atomic E-state index is 10.6. The predicted molar refractivity (Wildman–Crippen MR) is 94.3 cm³/mol. The van der Waals surface area contributed by atoms with Gasteiger partial charge in [-0.05, 0) is 17.7 Å². The van der Waals surface area contributed by atoms with Crippen molar-refractivity contribution in [3.63, 3.8) is 0 Å². The van der Waals surface area contributed by atoms with Crippen molar-refractivity contribution >= 4 is 12.1 Å². The number of benzene rings is 1. The van der Waals surface area contributed by atoms with Crippen LogP contribution in [0.25, 0.3) is 0 Å². The Bertz CT molecular complexity index is 690. The third kappa shape index (κ3) is 4.90. The van der Waals surface area contributed by atoms with Gasteiger partial charge in [0.2, 0.25) is 0 Å². The molecule has 0 unspecified atom stereocenters. The number of nitrogens with one attached hydrogen (secondary N) is 1. The number of piperazine rings is 1. The Hall–Kier alpha value is -2.67. The largest absolute Gasteiger partial charge is 0.490 e. The van der Waals surface area contributed by atoms with Crippen molar-refractivity contribution in [2.24, 2.45) is 0 Å². The molecule has 2 heterocycles. The lowest BCUT2D eigenvalue weighted by atomic mass is 10.2. The molecule has 0 saturated carbocycles. The van der Waals surface area contributed by atoms with Crippen LogP contribution in [0.2, 0.25) is 0 Å². The first-order chi connectivity index (χ1) is 12.4. The summed E-state index contributed by atoms with van der Waals surface area (Å²) in [6.07, 6.45) is 4.58. The highest BCUT2D eigenvalue weighted by atomic mass is 16.5. The lowest BCUT2D eigenvalue weighted by Crippen LogP contribution is -2.44. The number of carbonyl (C=O) groups excluding carboxylic acids is 1. The average molecular weight is 342 g/mol. The summed E-state index contributed by atoms with van der Waals surface area (Å²) in [6.45, 7) is 4.38. The number of nitrogens with zero attached hydrogens (tertiary/aromatic N) is 3. The fourth-order valence-corrected chi connectivity index (χ4v) is 2.67. The van der Waals surface area contributed by atoms with Gasteiger partial charge in [-0.2, -0.15) is 0 Å². The molecule has 7 heteroatoms. The van der Waals surface area contributed by atoms with Gasteiger partial charge in [0.05, 0.1) is 0 Å². The van der Waals surface area contributed by atoms with Crippen LogP contribution in [0.5, 0.6) is 11.6 Å². The van der Waals surface area contributed by atoms with Crippen LogP contribution in [0.1, 0.15) is 5.56 Å². The molecule has 0 radical (unpaired) electrons. The molecule has 1 aliphatic rings. The highest BCUT2D eigenvalue weighted by Gasteiger charge is 2.17. The maximum atomic E-state index is 10.6. The van der Waals surface area contributed by atoms with Crippen LogP contribution in [-0.2, 0) is 11.2 Å². The molecule has 1 aliphatic heterocycles. The van der Waals surface area contributed by atoms with Crippen molar-refractivity contribution in [1.82, 2.24) is 15.3 Å². The average Bonchev–Trinajstić information content (AvgIpc) is 2.67. The Balaban J connectivity index is 1.52. The van der Waals surface area contributed by atoms with Gasteiger partial charge in [-0.25, -0.2) is 9.97 Å². The second kappa shape index (κ2) is 8.98. The summed E-state index contributed by atoms with van der Waals surface area (Å²) < 4.78 is 11.5. The minimum Gasteiger partial charge on any atom is -0.490 e. The van der Waals surface area contributed by atoms with E-state index in [1.165, 1.54) is 0 Å². The standard InChI is InChI=1S/C18H22N4O3/c23-11-4-15-2-1-3-16(14-15)24-12-13-25-18-17(20-5-6-21-18)22-9-7-19-8-10-22/h1-3,5-6,11,14,19H,4,7-10,12-13H2. The van der Waals surface area contributed by atoms with Gasteiger partial charge in [0.15, 0.2) is 5.82 Å². The highest BCUT2D eigenvalue weighted by Crippen LogP contribution is 2.22. The predicted octanol–water partition coefficient (Wildman–Crippen LogP) is 1.09. The van der Waals surface area contributed by atoms with Gasteiger partial charge in [0.25, 0.3) is 5.88 Å². The maximum Gasteiger partial charge on any atom is 0.257 e. The SMILES string of the molecule is O=CCc1cccc(OCCOc2nccnc2N2CCNCC2)c1. The molecule has 0 atom stereocenters. The highest BCUT2D eigenvalue weighted by molar-refractivity contribution is 5.55. The van der Waals surface area contributed by atoms with E-state index in [1.54, 1.807) is 12.4 Å². The molecule has 1 fully saturated rings. The Morgan fingerprint density at radius 2 is 1.92 bits per heavy atom. The number of hydrogen-bond donors (Lipinski definition) is 1. The summed E-state index contributed by atoms with van der Waals surface area (Å²) in [5.74, 6) is 2.03. The van der Waals surface area contributed by atoms with E-state index in [2.05, 4.69) is 20.2 Å². The van der Waals surface area contributed by atoms with Crippen molar-refractivity contribution in [1.29, 1.82) is 0 Å². The van der Waals surface area contributed by atoms with E-state index in [1.807, 2.05) is 24.3 Å². The fraction of sp³-hybridized carbons (Fsp3) is 0.389. The number of rotatable bonds is 8. The molecule has 1 aromatic heterocycles. The minimum absolute atomic E-state index is 0.371. The molecule has 0 spiro atoms. The van der Waals surface area contributed by atoms with Crippen molar-refractivity contribution < 1.29 is 14.3 Å². The first-order valence-corrected chi connectivity index (χ1v) is 8.41. The van der Waals surface area contributed by atoms with Crippen LogP contribution in [-0.4, -0.2) is 55.6 Å². The first-order valence-electron chi connectivity index (χ1n) is 8.41. The van der Waals surface area contributed by atoms with Crippen molar-refractivity contribution in [2.45, 2.75) is 6.42 Å². The summed E-state index contributed by atoms with van der Waals surface area (Å²) in [6, 6.07) is 7.50. The molecule has 3 rings (SSSR count). The van der Waals surface area contributed by atoms with Gasteiger partial charge in [-0.3, -0.25) is 0 Å². The normalized spacial score (nSPS) is 14.2. The van der Waals surface area contributed by atoms with E-state index in [4.69, 9.17) is 9.47 Å². The van der Waals surface area contributed by atoms with E-state index in [0.29, 0.717) is 25.5 Å². The van der Waals surface area contributed by atoms with E-state index in [-0.39, 0.29) is 0 Å². The third-order valence-corrected chi connectivity index (χ3v) is 3.87. The van der Waals surface area contributed by atoms with Crippen LogP contribution >= 0.6 is 0 Å². The second-order valence-electron chi connectivity index (χ2n) is 5.64. The molecular formula is C18H22N4O3. The zero-order valence-electron chi connectivity index (χ0n) is 14.1. The van der Waals surface area contributed by atoms with Gasteiger partial charge in [0, 0.05) is 45.0 Å². The minimum atomic E-state index is 0.371. The summed E-state index contributed by atoms with van der Waals surface area (Å²) in [4.78, 5) is 21.5. The van der Waals surface area contributed by atoms with Crippen LogP contribution < -0.4 is 19.7 Å². The number of aromatic nitrogens is 2. The van der Waals surface area contributed by atoms with E-state index in [0.717, 1.165) is 49.6 Å². The van der Waals surface area contributed by atoms with Crippen LogP contribution in [0.4, 0.5) is 5.82 Å². The summed E-state index contributed by atoms with van der Waals surface area (Å²) >= 11 is 0. The third-order valence-electron chi connectivity index (χ3n) is 3.87. The van der Waals surface area contributed by atoms with Crippen LogP contribution in [0.3, 0.4) is 0 Å². The van der Waals surface area contributed by atoms with Gasteiger partial charge >= 0.3 is 0 Å². The number of aldehydes is 1. The molecule has 0 bridgehead atoms. The van der Waals surface area contributed by atoms with Crippen molar-refractivity contribution in [2.75, 3.05) is 44.3 Å². The molecule has 2 aromatic rings. The molecule has 1 saturated heterocycles. The number of carbonyl (C=O) groups is 1. The van der Waals surface area contributed by atoms with E-state index >= 15 is 0 Å². The monoisotopic (exact) mass is 342 g/mol. The van der Waals surface area contributed by atoms with Crippen LogP contribution in [0, 0.1) is 0 Å². The molecular weight excluding hydrogens is 320 g/mol. The summed E-state index contributed by atoms with van der Waals surface area (Å²) in [5, 5.41) is 3.32. The van der Waals surface area contributed by atoms with Crippen molar-refractivity contribution in [3.05, 3.63) is 42.2 Å². The Labute approximate surface area is 147 Å². The van der Waals surface area contributed by atoms with Gasteiger partial charge in [0.1, 0.15) is 25.2 Å². The zero-order valence-corrected chi connectivity index (χ0v) is 14.1. The topological polar surface area (TPSA) is 76.6 Å². The molecule has 1 aromatic carbocycles. The molecule has 0 amide bonds. The van der Waals surface area contributed by atoms with Gasteiger partial charge < -0.3 is 24.5 Å². The molecule has 1 N–H and O–H groups in total. The zero-order chi connectivity index (χ0) is 17.3. The van der Waals surface area contributed by atoms with E-state index < -0.39 is 0 Å². The van der Waals surface area contributed by atoms with E-state index in [9.17, 15) is 4.79 Å². The number of ether oxygens (including phenoxy) is 2. The Morgan fingerprint density at radius 3 is 2.76 bits per heavy atom. The van der Waals surface area contributed by atoms with Crippen molar-refractivity contribution in [3.8, 4) is 11.6 Å². The van der Waals surface area contributed by atoms with Gasteiger partial charge in [-0.15, -0.1) is 0 Å². The quantitative estimate of drug-likeness (QED) is 0.568. The number of anilines is 1. The fourth-order valence-electron chi connectivity index (χ4n) is 2.67. The molecule has 7 nitrogen and oxygen atoms in total. The Kier molecular flexibility index (Phi) is 6.17.